The van der Waals surface area contributed by atoms with E-state index in [9.17, 15) is 26.9 Å². The maximum absolute atomic E-state index is 13.9. The minimum Gasteiger partial charge on any atom is -0.352 e. The molecule has 0 fully saturated rings. The maximum atomic E-state index is 13.9. The molecule has 13 heteroatoms. The molecule has 3 N–H and O–H groups in total. The van der Waals surface area contributed by atoms with E-state index < -0.39 is 48.0 Å². The van der Waals surface area contributed by atoms with E-state index in [0.29, 0.717) is 12.8 Å². The van der Waals surface area contributed by atoms with Crippen LogP contribution < -0.4 is 5.32 Å². The predicted molar refractivity (Wildman–Crippen MR) is 106 cm³/mol. The van der Waals surface area contributed by atoms with Crippen LogP contribution >= 0.6 is 7.60 Å². The van der Waals surface area contributed by atoms with E-state index in [2.05, 4.69) is 15.3 Å². The highest BCUT2D eigenvalue weighted by molar-refractivity contribution is 7.51. The topological polar surface area (TPSA) is 135 Å². The molecule has 0 heterocycles. The molecular formula is C18H25F4N4O4P. The van der Waals surface area contributed by atoms with Crippen LogP contribution in [0.15, 0.2) is 5.11 Å². The minimum absolute atomic E-state index is 0.0570. The summed E-state index contributed by atoms with van der Waals surface area (Å²) in [5.41, 5.74) is 5.31. The van der Waals surface area contributed by atoms with Crippen molar-refractivity contribution in [2.45, 2.75) is 57.8 Å². The fourth-order valence-corrected chi connectivity index (χ4v) is 3.56. The van der Waals surface area contributed by atoms with Crippen molar-refractivity contribution in [1.29, 1.82) is 0 Å². The van der Waals surface area contributed by atoms with Crippen molar-refractivity contribution >= 4 is 19.2 Å². The Kier molecular flexibility index (Phi) is 11.6. The molecular weight excluding hydrogens is 443 g/mol. The highest BCUT2D eigenvalue weighted by Crippen LogP contribution is 2.35. The van der Waals surface area contributed by atoms with Gasteiger partial charge >= 0.3 is 7.60 Å². The average Bonchev–Trinajstić information content (AvgIpc) is 2.70. The monoisotopic (exact) mass is 468 g/mol. The summed E-state index contributed by atoms with van der Waals surface area (Å²) in [4.78, 5) is 31.5. The third-order valence-corrected chi connectivity index (χ3v) is 5.42. The number of hydrogen-bond acceptors (Lipinski definition) is 3. The smallest absolute Gasteiger partial charge is 0.325 e. The number of nitrogens with one attached hydrogen (secondary N) is 1. The van der Waals surface area contributed by atoms with Gasteiger partial charge in [-0.1, -0.05) is 50.1 Å². The molecule has 1 aromatic carbocycles. The number of benzene rings is 1. The van der Waals surface area contributed by atoms with Gasteiger partial charge < -0.3 is 15.1 Å². The lowest BCUT2D eigenvalue weighted by Gasteiger charge is -2.10. The second-order valence-corrected chi connectivity index (χ2v) is 8.77. The Bertz CT molecular complexity index is 830. The van der Waals surface area contributed by atoms with Gasteiger partial charge in [-0.25, -0.2) is 17.6 Å². The third kappa shape index (κ3) is 9.26. The van der Waals surface area contributed by atoms with E-state index in [1.807, 2.05) is 0 Å². The van der Waals surface area contributed by atoms with Crippen LogP contribution in [0.1, 0.15) is 68.1 Å². The van der Waals surface area contributed by atoms with E-state index in [-0.39, 0.29) is 12.7 Å². The molecule has 0 aliphatic carbocycles. The summed E-state index contributed by atoms with van der Waals surface area (Å²) in [6.45, 7) is 0.0570. The van der Waals surface area contributed by atoms with Crippen LogP contribution in [0.2, 0.25) is 0 Å². The number of carbonyl (C=O) groups excluding carboxylic acids is 1. The zero-order chi connectivity index (χ0) is 23.4. The van der Waals surface area contributed by atoms with E-state index in [0.717, 1.165) is 44.9 Å². The largest absolute Gasteiger partial charge is 0.352 e. The molecule has 1 aromatic rings. The van der Waals surface area contributed by atoms with Crippen molar-refractivity contribution in [1.82, 2.24) is 5.32 Å². The van der Waals surface area contributed by atoms with Gasteiger partial charge in [-0.05, 0) is 18.4 Å². The second-order valence-electron chi connectivity index (χ2n) is 7.00. The number of rotatable bonds is 14. The molecule has 0 bridgehead atoms. The molecule has 0 spiro atoms. The van der Waals surface area contributed by atoms with Crippen LogP contribution in [0.25, 0.3) is 10.4 Å². The predicted octanol–water partition coefficient (Wildman–Crippen LogP) is 5.60. The standard InChI is InChI=1S/C18H25F4N4O4P/c19-13-12(14(20)16(22)17(15(13)21)25-26-23)18(27)24-10-8-6-4-2-1-3-5-7-9-11-31(28,29)30/h1-11H2,(H,24,27)(H2,28,29,30). The van der Waals surface area contributed by atoms with E-state index in [1.165, 1.54) is 0 Å². The van der Waals surface area contributed by atoms with Crippen molar-refractivity contribution in [3.05, 3.63) is 39.3 Å². The van der Waals surface area contributed by atoms with Crippen LogP contribution in [0, 0.1) is 23.3 Å². The summed E-state index contributed by atoms with van der Waals surface area (Å²) in [5, 5.41) is 4.76. The quantitative estimate of drug-likeness (QED) is 0.0622. The van der Waals surface area contributed by atoms with Gasteiger partial charge in [-0.3, -0.25) is 9.36 Å². The Morgan fingerprint density at radius 3 is 1.77 bits per heavy atom. The molecule has 31 heavy (non-hydrogen) atoms. The first-order valence-electron chi connectivity index (χ1n) is 9.84. The normalized spacial score (nSPS) is 11.3. The molecule has 0 saturated heterocycles. The lowest BCUT2D eigenvalue weighted by Crippen LogP contribution is -2.27. The van der Waals surface area contributed by atoms with Gasteiger partial charge in [0.1, 0.15) is 11.3 Å². The van der Waals surface area contributed by atoms with Crippen molar-refractivity contribution in [2.24, 2.45) is 5.11 Å². The van der Waals surface area contributed by atoms with E-state index in [1.54, 1.807) is 0 Å². The second kappa shape index (κ2) is 13.3. The van der Waals surface area contributed by atoms with Crippen molar-refractivity contribution in [3.63, 3.8) is 0 Å². The Hall–Kier alpha value is -2.13. The van der Waals surface area contributed by atoms with Gasteiger partial charge in [0, 0.05) is 17.6 Å². The van der Waals surface area contributed by atoms with Crippen LogP contribution in [-0.2, 0) is 4.57 Å². The molecule has 0 aromatic heterocycles. The summed E-state index contributed by atoms with van der Waals surface area (Å²) in [7, 11) is -3.91. The third-order valence-electron chi connectivity index (χ3n) is 4.52. The first-order valence-corrected chi connectivity index (χ1v) is 11.6. The molecule has 0 aliphatic rings. The number of nitrogens with zero attached hydrogens (tertiary/aromatic N) is 3. The lowest BCUT2D eigenvalue weighted by molar-refractivity contribution is 0.0942. The maximum Gasteiger partial charge on any atom is 0.325 e. The lowest BCUT2D eigenvalue weighted by atomic mass is 10.1. The van der Waals surface area contributed by atoms with Gasteiger partial charge in [0.2, 0.25) is 0 Å². The molecule has 1 amide bonds. The van der Waals surface area contributed by atoms with Crippen LogP contribution in [-0.4, -0.2) is 28.4 Å². The molecule has 0 saturated carbocycles. The van der Waals surface area contributed by atoms with Gasteiger partial charge in [0.15, 0.2) is 23.3 Å². The Labute approximate surface area is 176 Å². The molecule has 174 valence electrons. The summed E-state index contributed by atoms with van der Waals surface area (Å²) in [5.74, 6) is -9.05. The number of amides is 1. The Balaban J connectivity index is 2.29. The highest BCUT2D eigenvalue weighted by Gasteiger charge is 2.28. The Morgan fingerprint density at radius 2 is 1.32 bits per heavy atom. The van der Waals surface area contributed by atoms with E-state index in [4.69, 9.17) is 15.3 Å². The molecule has 1 rings (SSSR count). The molecule has 0 atom stereocenters. The fourth-order valence-electron chi connectivity index (χ4n) is 2.92. The van der Waals surface area contributed by atoms with E-state index >= 15 is 0 Å². The van der Waals surface area contributed by atoms with Gasteiger partial charge in [0.25, 0.3) is 5.91 Å². The van der Waals surface area contributed by atoms with Crippen molar-refractivity contribution in [2.75, 3.05) is 12.7 Å². The number of unbranched alkanes of at least 4 members (excludes halogenated alkanes) is 8. The van der Waals surface area contributed by atoms with Gasteiger partial charge in [-0.2, -0.15) is 0 Å². The summed E-state index contributed by atoms with van der Waals surface area (Å²) in [6, 6.07) is 0. The highest BCUT2D eigenvalue weighted by atomic mass is 31.2. The fraction of sp³-hybridized carbons (Fsp3) is 0.611. The van der Waals surface area contributed by atoms with Crippen LogP contribution in [0.5, 0.6) is 0 Å². The Morgan fingerprint density at radius 1 is 0.871 bits per heavy atom. The molecule has 0 aliphatic heterocycles. The van der Waals surface area contributed by atoms with Gasteiger partial charge in [0.05, 0.1) is 0 Å². The zero-order valence-corrected chi connectivity index (χ0v) is 17.7. The summed E-state index contributed by atoms with van der Waals surface area (Å²) < 4.78 is 65.9. The number of hydrogen-bond donors (Lipinski definition) is 3. The number of azide groups is 1. The molecule has 0 radical (unpaired) electrons. The zero-order valence-electron chi connectivity index (χ0n) is 16.8. The minimum atomic E-state index is -3.91. The molecule has 8 nitrogen and oxygen atoms in total. The molecule has 0 unspecified atom stereocenters. The first kappa shape index (κ1) is 26.9. The number of halogens is 4. The van der Waals surface area contributed by atoms with Crippen molar-refractivity contribution < 1.29 is 36.7 Å². The van der Waals surface area contributed by atoms with Crippen molar-refractivity contribution in [3.8, 4) is 0 Å². The van der Waals surface area contributed by atoms with Crippen LogP contribution in [0.3, 0.4) is 0 Å². The number of carbonyl (C=O) groups is 1. The SMILES string of the molecule is [N-]=[N+]=Nc1c(F)c(F)c(C(=O)NCCCCCCCCCCCP(=O)(O)O)c(F)c1F. The van der Waals surface area contributed by atoms with Crippen LogP contribution in [0.4, 0.5) is 23.2 Å². The first-order chi connectivity index (χ1) is 14.6. The summed E-state index contributed by atoms with van der Waals surface area (Å²) in [6.07, 6.45) is 6.94. The summed E-state index contributed by atoms with van der Waals surface area (Å²) >= 11 is 0. The van der Waals surface area contributed by atoms with Gasteiger partial charge in [-0.15, -0.1) is 0 Å². The average molecular weight is 468 g/mol.